The first-order valence-electron chi connectivity index (χ1n) is 8.47. The highest BCUT2D eigenvalue weighted by Gasteiger charge is 2.35. The highest BCUT2D eigenvalue weighted by molar-refractivity contribution is 8.19. The van der Waals surface area contributed by atoms with E-state index in [9.17, 15) is 4.79 Å². The van der Waals surface area contributed by atoms with Crippen LogP contribution in [0.2, 0.25) is 15.2 Å². The Bertz CT molecular complexity index is 1130. The predicted octanol–water partition coefficient (Wildman–Crippen LogP) is 6.85. The molecule has 0 N–H and O–H groups in total. The molecular weight excluding hydrogens is 449 g/mol. The summed E-state index contributed by atoms with van der Waals surface area (Å²) in [6, 6.07) is 17.9. The van der Waals surface area contributed by atoms with Crippen LogP contribution in [0.4, 0.5) is 11.4 Å². The normalized spacial score (nSPS) is 16.8. The molecule has 0 saturated carbocycles. The SMILES string of the molecule is O=C1/C(=C/c2c(Cl)cccc2Cl)SC(=Nc2cccnc2Cl)N1c1ccccc1. The molecular formula is C21H12Cl3N3OS. The number of carbonyl (C=O) groups is 1. The topological polar surface area (TPSA) is 45.6 Å². The smallest absolute Gasteiger partial charge is 0.268 e. The van der Waals surface area contributed by atoms with Crippen molar-refractivity contribution < 1.29 is 4.79 Å². The number of thioether (sulfide) groups is 1. The fourth-order valence-electron chi connectivity index (χ4n) is 2.70. The summed E-state index contributed by atoms with van der Waals surface area (Å²) >= 11 is 19.9. The van der Waals surface area contributed by atoms with Crippen molar-refractivity contribution in [2.24, 2.45) is 4.99 Å². The molecule has 1 aromatic heterocycles. The van der Waals surface area contributed by atoms with Gasteiger partial charge in [0.15, 0.2) is 10.3 Å². The molecule has 0 aliphatic carbocycles. The summed E-state index contributed by atoms with van der Waals surface area (Å²) in [6.45, 7) is 0. The van der Waals surface area contributed by atoms with Crippen molar-refractivity contribution in [2.75, 3.05) is 4.90 Å². The second-order valence-electron chi connectivity index (χ2n) is 5.93. The van der Waals surface area contributed by atoms with Gasteiger partial charge in [-0.1, -0.05) is 59.1 Å². The number of para-hydroxylation sites is 1. The van der Waals surface area contributed by atoms with Crippen molar-refractivity contribution >= 4 is 75.1 Å². The summed E-state index contributed by atoms with van der Waals surface area (Å²) < 4.78 is 0. The van der Waals surface area contributed by atoms with E-state index in [1.54, 1.807) is 42.6 Å². The average Bonchev–Trinajstić information content (AvgIpc) is 3.02. The highest BCUT2D eigenvalue weighted by atomic mass is 35.5. The van der Waals surface area contributed by atoms with Crippen molar-refractivity contribution in [3.8, 4) is 0 Å². The number of rotatable bonds is 3. The van der Waals surface area contributed by atoms with Crippen LogP contribution in [0.1, 0.15) is 5.56 Å². The zero-order valence-electron chi connectivity index (χ0n) is 14.7. The Morgan fingerprint density at radius 1 is 0.931 bits per heavy atom. The van der Waals surface area contributed by atoms with E-state index in [4.69, 9.17) is 34.8 Å². The zero-order valence-corrected chi connectivity index (χ0v) is 17.8. The average molecular weight is 461 g/mol. The maximum absolute atomic E-state index is 13.2. The number of nitrogens with zero attached hydrogens (tertiary/aromatic N) is 3. The summed E-state index contributed by atoms with van der Waals surface area (Å²) in [6.07, 6.45) is 3.26. The van der Waals surface area contributed by atoms with E-state index < -0.39 is 0 Å². The number of amides is 1. The Balaban J connectivity index is 1.83. The minimum Gasteiger partial charge on any atom is -0.268 e. The maximum Gasteiger partial charge on any atom is 0.271 e. The van der Waals surface area contributed by atoms with Gasteiger partial charge in [0.05, 0.1) is 10.6 Å². The van der Waals surface area contributed by atoms with Gasteiger partial charge in [-0.15, -0.1) is 0 Å². The molecule has 8 heteroatoms. The lowest BCUT2D eigenvalue weighted by Gasteiger charge is -2.15. The molecule has 1 aliphatic heterocycles. The second kappa shape index (κ2) is 8.59. The first-order chi connectivity index (χ1) is 14.0. The van der Waals surface area contributed by atoms with Crippen LogP contribution in [0.5, 0.6) is 0 Å². The molecule has 2 aromatic carbocycles. The fourth-order valence-corrected chi connectivity index (χ4v) is 4.34. The molecule has 1 amide bonds. The Morgan fingerprint density at radius 3 is 2.34 bits per heavy atom. The van der Waals surface area contributed by atoms with E-state index >= 15 is 0 Å². The van der Waals surface area contributed by atoms with Gasteiger partial charge in [0, 0.05) is 21.8 Å². The summed E-state index contributed by atoms with van der Waals surface area (Å²) in [4.78, 5) is 23.8. The summed E-state index contributed by atoms with van der Waals surface area (Å²) in [7, 11) is 0. The highest BCUT2D eigenvalue weighted by Crippen LogP contribution is 2.39. The molecule has 144 valence electrons. The van der Waals surface area contributed by atoms with Crippen molar-refractivity contribution in [3.63, 3.8) is 0 Å². The third kappa shape index (κ3) is 4.19. The Hall–Kier alpha value is -2.31. The number of anilines is 1. The number of hydrogen-bond donors (Lipinski definition) is 0. The number of aliphatic imine (C=N–C) groups is 1. The van der Waals surface area contributed by atoms with E-state index in [1.165, 1.54) is 16.7 Å². The maximum atomic E-state index is 13.2. The van der Waals surface area contributed by atoms with Crippen molar-refractivity contribution in [3.05, 3.63) is 92.5 Å². The van der Waals surface area contributed by atoms with Crippen LogP contribution in [0.25, 0.3) is 6.08 Å². The van der Waals surface area contributed by atoms with Gasteiger partial charge in [-0.25, -0.2) is 9.98 Å². The van der Waals surface area contributed by atoms with Crippen molar-refractivity contribution in [2.45, 2.75) is 0 Å². The van der Waals surface area contributed by atoms with E-state index in [2.05, 4.69) is 9.98 Å². The number of hydrogen-bond acceptors (Lipinski definition) is 4. The fraction of sp³-hybridized carbons (Fsp3) is 0. The molecule has 3 aromatic rings. The van der Waals surface area contributed by atoms with Gasteiger partial charge in [-0.05, 0) is 54.2 Å². The lowest BCUT2D eigenvalue weighted by atomic mass is 10.2. The molecule has 4 rings (SSSR count). The molecule has 0 atom stereocenters. The monoisotopic (exact) mass is 459 g/mol. The largest absolute Gasteiger partial charge is 0.271 e. The predicted molar refractivity (Wildman–Crippen MR) is 122 cm³/mol. The molecule has 0 spiro atoms. The van der Waals surface area contributed by atoms with E-state index in [1.807, 2.05) is 30.3 Å². The lowest BCUT2D eigenvalue weighted by Crippen LogP contribution is -2.28. The Kier molecular flexibility index (Phi) is 5.92. The van der Waals surface area contributed by atoms with Crippen LogP contribution in [-0.4, -0.2) is 16.1 Å². The first kappa shape index (κ1) is 20.0. The van der Waals surface area contributed by atoms with Crippen LogP contribution < -0.4 is 4.90 Å². The molecule has 1 fully saturated rings. The number of amidine groups is 1. The standard InChI is InChI=1S/C21H12Cl3N3OS/c22-15-8-4-9-16(23)14(15)12-18-20(28)27(13-6-2-1-3-7-13)21(29-18)26-17-10-5-11-25-19(17)24/h1-12H/b18-12-,26-21?. The van der Waals surface area contributed by atoms with Gasteiger partial charge in [0.2, 0.25) is 0 Å². The quantitative estimate of drug-likeness (QED) is 0.317. The van der Waals surface area contributed by atoms with E-state index in [-0.39, 0.29) is 11.1 Å². The molecule has 29 heavy (non-hydrogen) atoms. The summed E-state index contributed by atoms with van der Waals surface area (Å²) in [5.74, 6) is -0.226. The summed E-state index contributed by atoms with van der Waals surface area (Å²) in [5, 5.41) is 1.65. The molecule has 1 saturated heterocycles. The summed E-state index contributed by atoms with van der Waals surface area (Å²) in [5.41, 5.74) is 1.75. The van der Waals surface area contributed by atoms with Gasteiger partial charge in [0.1, 0.15) is 5.69 Å². The number of halogens is 3. The van der Waals surface area contributed by atoms with Gasteiger partial charge in [-0.3, -0.25) is 9.69 Å². The number of benzene rings is 2. The molecule has 0 unspecified atom stereocenters. The minimum absolute atomic E-state index is 0.226. The van der Waals surface area contributed by atoms with Gasteiger partial charge in [-0.2, -0.15) is 0 Å². The zero-order chi connectivity index (χ0) is 20.4. The first-order valence-corrected chi connectivity index (χ1v) is 10.4. The second-order valence-corrected chi connectivity index (χ2v) is 8.11. The van der Waals surface area contributed by atoms with Crippen molar-refractivity contribution in [1.29, 1.82) is 0 Å². The van der Waals surface area contributed by atoms with Crippen LogP contribution >= 0.6 is 46.6 Å². The van der Waals surface area contributed by atoms with Gasteiger partial charge < -0.3 is 0 Å². The molecule has 0 radical (unpaired) electrons. The Morgan fingerprint density at radius 2 is 1.66 bits per heavy atom. The molecule has 0 bridgehead atoms. The lowest BCUT2D eigenvalue weighted by molar-refractivity contribution is -0.113. The minimum atomic E-state index is -0.226. The molecule has 2 heterocycles. The number of carbonyl (C=O) groups excluding carboxylic acids is 1. The Labute approximate surface area is 186 Å². The van der Waals surface area contributed by atoms with Gasteiger partial charge in [0.25, 0.3) is 5.91 Å². The molecule has 1 aliphatic rings. The van der Waals surface area contributed by atoms with Crippen molar-refractivity contribution in [1.82, 2.24) is 4.98 Å². The third-order valence-corrected chi connectivity index (χ3v) is 5.97. The third-order valence-electron chi connectivity index (χ3n) is 4.05. The van der Waals surface area contributed by atoms with Gasteiger partial charge >= 0.3 is 0 Å². The number of aromatic nitrogens is 1. The van der Waals surface area contributed by atoms with Crippen LogP contribution in [0.3, 0.4) is 0 Å². The van der Waals surface area contributed by atoms with Crippen LogP contribution in [0, 0.1) is 0 Å². The van der Waals surface area contributed by atoms with E-state index in [0.29, 0.717) is 37.1 Å². The van der Waals surface area contributed by atoms with E-state index in [0.717, 1.165) is 0 Å². The molecule has 4 nitrogen and oxygen atoms in total. The van der Waals surface area contributed by atoms with Crippen LogP contribution in [-0.2, 0) is 4.79 Å². The number of pyridine rings is 1. The van der Waals surface area contributed by atoms with Crippen LogP contribution in [0.15, 0.2) is 76.8 Å².